The number of rotatable bonds is 4. The molecule has 0 saturated carbocycles. The van der Waals surface area contributed by atoms with Gasteiger partial charge in [-0.3, -0.25) is 4.79 Å². The lowest BCUT2D eigenvalue weighted by Gasteiger charge is -2.16. The van der Waals surface area contributed by atoms with E-state index in [1.807, 2.05) is 55.1 Å². The standard InChI is InChI=1S/C22H22N2O3/c1-14-5-10-19-16(12-21(26)27-22(19)15(14)2)13-23-17-6-8-18(9-7-17)24-11-3-4-20(24)25/h5-10,12,23H,3-4,11,13H2,1-2H3. The quantitative estimate of drug-likeness (QED) is 0.708. The van der Waals surface area contributed by atoms with Crippen LogP contribution in [0.2, 0.25) is 0 Å². The SMILES string of the molecule is Cc1ccc2c(CNc3ccc(N4CCCC4=O)cc3)cc(=O)oc2c1C. The van der Waals surface area contributed by atoms with Crippen molar-refractivity contribution in [3.8, 4) is 0 Å². The predicted octanol–water partition coefficient (Wildman–Crippen LogP) is 4.15. The van der Waals surface area contributed by atoms with E-state index < -0.39 is 0 Å². The second-order valence-corrected chi connectivity index (χ2v) is 7.02. The van der Waals surface area contributed by atoms with Crippen LogP contribution in [0.3, 0.4) is 0 Å². The van der Waals surface area contributed by atoms with Crippen LogP contribution < -0.4 is 15.8 Å². The summed E-state index contributed by atoms with van der Waals surface area (Å²) in [5, 5.41) is 4.31. The molecule has 0 radical (unpaired) electrons. The first-order chi connectivity index (χ1) is 13.0. The number of amides is 1. The maximum absolute atomic E-state index is 12.0. The third-order valence-corrected chi connectivity index (χ3v) is 5.25. The van der Waals surface area contributed by atoms with Gasteiger partial charge in [0.15, 0.2) is 0 Å². The van der Waals surface area contributed by atoms with E-state index >= 15 is 0 Å². The van der Waals surface area contributed by atoms with Crippen LogP contribution >= 0.6 is 0 Å². The zero-order valence-corrected chi connectivity index (χ0v) is 15.5. The van der Waals surface area contributed by atoms with Crippen molar-refractivity contribution in [2.24, 2.45) is 0 Å². The smallest absolute Gasteiger partial charge is 0.336 e. The van der Waals surface area contributed by atoms with Gasteiger partial charge in [0.25, 0.3) is 0 Å². The Kier molecular flexibility index (Phi) is 4.44. The number of benzene rings is 2. The zero-order chi connectivity index (χ0) is 19.0. The van der Waals surface area contributed by atoms with Gasteiger partial charge in [0.05, 0.1) is 0 Å². The number of carbonyl (C=O) groups is 1. The number of anilines is 2. The maximum Gasteiger partial charge on any atom is 0.336 e. The van der Waals surface area contributed by atoms with E-state index in [4.69, 9.17) is 4.42 Å². The molecule has 1 fully saturated rings. The number of hydrogen-bond donors (Lipinski definition) is 1. The van der Waals surface area contributed by atoms with Crippen LogP contribution in [0.1, 0.15) is 29.5 Å². The summed E-state index contributed by atoms with van der Waals surface area (Å²) in [4.78, 5) is 25.6. The van der Waals surface area contributed by atoms with Crippen molar-refractivity contribution >= 4 is 28.3 Å². The van der Waals surface area contributed by atoms with Gasteiger partial charge in [-0.1, -0.05) is 12.1 Å². The van der Waals surface area contributed by atoms with Gasteiger partial charge in [0.2, 0.25) is 5.91 Å². The van der Waals surface area contributed by atoms with Gasteiger partial charge >= 0.3 is 5.63 Å². The topological polar surface area (TPSA) is 62.6 Å². The fourth-order valence-corrected chi connectivity index (χ4v) is 3.55. The average Bonchev–Trinajstić information content (AvgIpc) is 3.09. The first kappa shape index (κ1) is 17.3. The lowest BCUT2D eigenvalue weighted by atomic mass is 10.0. The number of hydrogen-bond acceptors (Lipinski definition) is 4. The molecule has 0 bridgehead atoms. The van der Waals surface area contributed by atoms with Gasteiger partial charge < -0.3 is 14.6 Å². The Balaban J connectivity index is 1.56. The Morgan fingerprint density at radius 3 is 2.56 bits per heavy atom. The molecular weight excluding hydrogens is 340 g/mol. The summed E-state index contributed by atoms with van der Waals surface area (Å²) in [5.74, 6) is 0.184. The third-order valence-electron chi connectivity index (χ3n) is 5.25. The van der Waals surface area contributed by atoms with Gasteiger partial charge in [-0.25, -0.2) is 4.79 Å². The normalized spacial score (nSPS) is 14.1. The highest BCUT2D eigenvalue weighted by molar-refractivity contribution is 5.95. The number of nitrogens with zero attached hydrogens (tertiary/aromatic N) is 1. The van der Waals surface area contributed by atoms with Gasteiger partial charge in [0.1, 0.15) is 5.58 Å². The van der Waals surface area contributed by atoms with Crippen LogP contribution in [0.25, 0.3) is 11.0 Å². The molecule has 0 unspecified atom stereocenters. The summed E-state index contributed by atoms with van der Waals surface area (Å²) in [6.07, 6.45) is 1.55. The van der Waals surface area contributed by atoms with Crippen molar-refractivity contribution in [3.05, 3.63) is 69.6 Å². The van der Waals surface area contributed by atoms with Crippen LogP contribution in [0.4, 0.5) is 11.4 Å². The number of nitrogens with one attached hydrogen (secondary N) is 1. The third kappa shape index (κ3) is 3.33. The Morgan fingerprint density at radius 2 is 1.85 bits per heavy atom. The van der Waals surface area contributed by atoms with E-state index in [-0.39, 0.29) is 11.5 Å². The molecular formula is C22H22N2O3. The van der Waals surface area contributed by atoms with E-state index in [1.54, 1.807) is 6.07 Å². The summed E-state index contributed by atoms with van der Waals surface area (Å²) < 4.78 is 5.43. The Labute approximate surface area is 157 Å². The minimum Gasteiger partial charge on any atom is -0.422 e. The van der Waals surface area contributed by atoms with Crippen molar-refractivity contribution in [2.45, 2.75) is 33.2 Å². The molecule has 5 nitrogen and oxygen atoms in total. The number of aryl methyl sites for hydroxylation is 2. The molecule has 1 aromatic heterocycles. The molecule has 1 aliphatic rings. The van der Waals surface area contributed by atoms with Crippen molar-refractivity contribution < 1.29 is 9.21 Å². The van der Waals surface area contributed by atoms with Gasteiger partial charge in [-0.05, 0) is 61.2 Å². The lowest BCUT2D eigenvalue weighted by Crippen LogP contribution is -2.23. The van der Waals surface area contributed by atoms with E-state index in [2.05, 4.69) is 5.32 Å². The van der Waals surface area contributed by atoms with E-state index in [9.17, 15) is 9.59 Å². The second-order valence-electron chi connectivity index (χ2n) is 7.02. The molecule has 2 heterocycles. The molecule has 1 saturated heterocycles. The van der Waals surface area contributed by atoms with Crippen LogP contribution in [0.15, 0.2) is 51.7 Å². The fraction of sp³-hybridized carbons (Fsp3) is 0.273. The van der Waals surface area contributed by atoms with E-state index in [0.717, 1.165) is 46.4 Å². The first-order valence-corrected chi connectivity index (χ1v) is 9.20. The molecule has 1 amide bonds. The highest BCUT2D eigenvalue weighted by Crippen LogP contribution is 2.25. The van der Waals surface area contributed by atoms with Crippen molar-refractivity contribution in [1.82, 2.24) is 0 Å². The molecule has 0 atom stereocenters. The molecule has 2 aromatic carbocycles. The summed E-state index contributed by atoms with van der Waals surface area (Å²) in [7, 11) is 0. The van der Waals surface area contributed by atoms with Gasteiger partial charge in [-0.2, -0.15) is 0 Å². The molecule has 27 heavy (non-hydrogen) atoms. The Bertz CT molecular complexity index is 1070. The van der Waals surface area contributed by atoms with Crippen molar-refractivity contribution in [2.75, 3.05) is 16.8 Å². The number of carbonyl (C=O) groups excluding carboxylic acids is 1. The van der Waals surface area contributed by atoms with E-state index in [0.29, 0.717) is 18.5 Å². The molecule has 1 N–H and O–H groups in total. The minimum absolute atomic E-state index is 0.184. The van der Waals surface area contributed by atoms with E-state index in [1.165, 1.54) is 0 Å². The summed E-state index contributed by atoms with van der Waals surface area (Å²) >= 11 is 0. The maximum atomic E-state index is 12.0. The predicted molar refractivity (Wildman–Crippen MR) is 107 cm³/mol. The molecule has 1 aliphatic heterocycles. The Hall–Kier alpha value is -3.08. The monoisotopic (exact) mass is 362 g/mol. The first-order valence-electron chi connectivity index (χ1n) is 9.20. The van der Waals surface area contributed by atoms with Crippen LogP contribution in [-0.2, 0) is 11.3 Å². The van der Waals surface area contributed by atoms with Crippen molar-refractivity contribution in [3.63, 3.8) is 0 Å². The summed E-state index contributed by atoms with van der Waals surface area (Å²) in [6.45, 7) is 5.28. The summed E-state index contributed by atoms with van der Waals surface area (Å²) in [5.41, 5.74) is 5.19. The summed E-state index contributed by atoms with van der Waals surface area (Å²) in [6, 6.07) is 13.4. The van der Waals surface area contributed by atoms with Gasteiger partial charge in [0, 0.05) is 42.3 Å². The molecule has 138 valence electrons. The molecule has 5 heteroatoms. The highest BCUT2D eigenvalue weighted by atomic mass is 16.4. The molecule has 4 rings (SSSR count). The van der Waals surface area contributed by atoms with Crippen LogP contribution in [-0.4, -0.2) is 12.5 Å². The fourth-order valence-electron chi connectivity index (χ4n) is 3.55. The second kappa shape index (κ2) is 6.91. The Morgan fingerprint density at radius 1 is 1.07 bits per heavy atom. The molecule has 0 spiro atoms. The minimum atomic E-state index is -0.337. The van der Waals surface area contributed by atoms with Crippen molar-refractivity contribution in [1.29, 1.82) is 0 Å². The lowest BCUT2D eigenvalue weighted by molar-refractivity contribution is -0.117. The highest BCUT2D eigenvalue weighted by Gasteiger charge is 2.21. The molecule has 0 aliphatic carbocycles. The largest absolute Gasteiger partial charge is 0.422 e. The average molecular weight is 362 g/mol. The molecule has 3 aromatic rings. The van der Waals surface area contributed by atoms with Crippen LogP contribution in [0, 0.1) is 13.8 Å². The number of fused-ring (bicyclic) bond motifs is 1. The van der Waals surface area contributed by atoms with Crippen LogP contribution in [0.5, 0.6) is 0 Å². The zero-order valence-electron chi connectivity index (χ0n) is 15.5. The van der Waals surface area contributed by atoms with Gasteiger partial charge in [-0.15, -0.1) is 0 Å².